The second-order valence-electron chi connectivity index (χ2n) is 7.20. The second-order valence-corrected chi connectivity index (χ2v) is 7.20. The molecule has 1 aromatic carbocycles. The molecule has 0 saturated carbocycles. The van der Waals surface area contributed by atoms with Gasteiger partial charge in [-0.15, -0.1) is 0 Å². The Morgan fingerprint density at radius 1 is 1.10 bits per heavy atom. The van der Waals surface area contributed by atoms with Crippen LogP contribution in [0.1, 0.15) is 52.6 Å². The Labute approximate surface area is 124 Å². The lowest BCUT2D eigenvalue weighted by Gasteiger charge is -2.32. The Kier molecular flexibility index (Phi) is 6.70. The fourth-order valence-corrected chi connectivity index (χ4v) is 2.44. The molecule has 0 amide bonds. The van der Waals surface area contributed by atoms with E-state index in [1.807, 2.05) is 0 Å². The molecule has 0 bridgehead atoms. The van der Waals surface area contributed by atoms with Crippen LogP contribution >= 0.6 is 0 Å². The minimum Gasteiger partial charge on any atom is -0.383 e. The van der Waals surface area contributed by atoms with Gasteiger partial charge in [0.05, 0.1) is 6.61 Å². The van der Waals surface area contributed by atoms with E-state index in [0.29, 0.717) is 23.4 Å². The molecule has 0 fully saturated rings. The third-order valence-corrected chi connectivity index (χ3v) is 3.58. The molecule has 2 unspecified atom stereocenters. The summed E-state index contributed by atoms with van der Waals surface area (Å²) >= 11 is 0. The van der Waals surface area contributed by atoms with Crippen molar-refractivity contribution in [2.75, 3.05) is 13.7 Å². The fraction of sp³-hybridized carbons (Fsp3) is 0.667. The molecule has 0 aromatic heterocycles. The Bertz CT molecular complexity index is 367. The Morgan fingerprint density at radius 2 is 1.70 bits per heavy atom. The number of rotatable bonds is 7. The van der Waals surface area contributed by atoms with Crippen LogP contribution in [0.4, 0.5) is 0 Å². The highest BCUT2D eigenvalue weighted by Crippen LogP contribution is 2.30. The Morgan fingerprint density at radius 3 is 2.15 bits per heavy atom. The first-order chi connectivity index (χ1) is 9.33. The van der Waals surface area contributed by atoms with Gasteiger partial charge in [-0.2, -0.15) is 0 Å². The maximum atomic E-state index is 5.37. The lowest BCUT2D eigenvalue weighted by Crippen LogP contribution is -2.41. The highest BCUT2D eigenvalue weighted by molar-refractivity contribution is 5.19. The lowest BCUT2D eigenvalue weighted by atomic mass is 9.84. The summed E-state index contributed by atoms with van der Waals surface area (Å²) in [7, 11) is 1.78. The van der Waals surface area contributed by atoms with Gasteiger partial charge in [-0.05, 0) is 23.3 Å². The average molecular weight is 277 g/mol. The van der Waals surface area contributed by atoms with Crippen LogP contribution < -0.4 is 5.32 Å². The number of nitrogens with one attached hydrogen (secondary N) is 1. The zero-order valence-corrected chi connectivity index (χ0v) is 13.9. The molecule has 0 radical (unpaired) electrons. The Hall–Kier alpha value is -0.860. The molecule has 114 valence electrons. The van der Waals surface area contributed by atoms with Crippen LogP contribution in [-0.4, -0.2) is 19.8 Å². The molecule has 0 aliphatic carbocycles. The van der Waals surface area contributed by atoms with Gasteiger partial charge in [0.1, 0.15) is 0 Å². The summed E-state index contributed by atoms with van der Waals surface area (Å²) in [6.07, 6.45) is 1.12. The van der Waals surface area contributed by atoms with Crippen molar-refractivity contribution in [2.45, 2.75) is 53.1 Å². The SMILES string of the molecule is COCC(NC(CC(C)(C)C)c1ccccc1)C(C)C. The van der Waals surface area contributed by atoms with Gasteiger partial charge in [0.25, 0.3) is 0 Å². The monoisotopic (exact) mass is 277 g/mol. The number of hydrogen-bond acceptors (Lipinski definition) is 2. The molecule has 0 aliphatic rings. The molecule has 0 saturated heterocycles. The summed E-state index contributed by atoms with van der Waals surface area (Å²) in [4.78, 5) is 0. The van der Waals surface area contributed by atoms with Gasteiger partial charge in [-0.3, -0.25) is 0 Å². The van der Waals surface area contributed by atoms with Crippen molar-refractivity contribution < 1.29 is 4.74 Å². The van der Waals surface area contributed by atoms with E-state index < -0.39 is 0 Å². The van der Waals surface area contributed by atoms with Crippen LogP contribution in [0.25, 0.3) is 0 Å². The summed E-state index contributed by atoms with van der Waals surface area (Å²) in [5, 5.41) is 3.80. The zero-order valence-electron chi connectivity index (χ0n) is 13.9. The summed E-state index contributed by atoms with van der Waals surface area (Å²) in [5.74, 6) is 0.557. The van der Waals surface area contributed by atoms with Gasteiger partial charge >= 0.3 is 0 Å². The molecule has 20 heavy (non-hydrogen) atoms. The average Bonchev–Trinajstić information content (AvgIpc) is 2.36. The van der Waals surface area contributed by atoms with Crippen LogP contribution in [0.5, 0.6) is 0 Å². The van der Waals surface area contributed by atoms with Crippen LogP contribution in [0.2, 0.25) is 0 Å². The molecular weight excluding hydrogens is 246 g/mol. The van der Waals surface area contributed by atoms with Gasteiger partial charge in [0.2, 0.25) is 0 Å². The first-order valence-electron chi connectivity index (χ1n) is 7.63. The van der Waals surface area contributed by atoms with Crippen molar-refractivity contribution in [2.24, 2.45) is 11.3 Å². The minimum absolute atomic E-state index is 0.294. The van der Waals surface area contributed by atoms with Crippen LogP contribution in [0, 0.1) is 11.3 Å². The molecule has 0 spiro atoms. The van der Waals surface area contributed by atoms with Gasteiger partial charge in [0.15, 0.2) is 0 Å². The predicted octanol–water partition coefficient (Wildman–Crippen LogP) is 4.42. The molecule has 1 aromatic rings. The maximum absolute atomic E-state index is 5.37. The highest BCUT2D eigenvalue weighted by Gasteiger charge is 2.24. The van der Waals surface area contributed by atoms with E-state index in [9.17, 15) is 0 Å². The topological polar surface area (TPSA) is 21.3 Å². The smallest absolute Gasteiger partial charge is 0.0618 e. The van der Waals surface area contributed by atoms with Gasteiger partial charge < -0.3 is 10.1 Å². The summed E-state index contributed by atoms with van der Waals surface area (Å²) in [6, 6.07) is 11.5. The first-order valence-corrected chi connectivity index (χ1v) is 7.63. The van der Waals surface area contributed by atoms with Gasteiger partial charge in [-0.1, -0.05) is 65.0 Å². The van der Waals surface area contributed by atoms with Gasteiger partial charge in [0, 0.05) is 19.2 Å². The zero-order chi connectivity index (χ0) is 15.2. The van der Waals surface area contributed by atoms with Crippen LogP contribution in [0.15, 0.2) is 30.3 Å². The van der Waals surface area contributed by atoms with E-state index in [1.165, 1.54) is 5.56 Å². The largest absolute Gasteiger partial charge is 0.383 e. The summed E-state index contributed by atoms with van der Waals surface area (Å²) in [6.45, 7) is 12.1. The Balaban J connectivity index is 2.87. The standard InChI is InChI=1S/C18H31NO/c1-14(2)17(13-20-6)19-16(12-18(3,4)5)15-10-8-7-9-11-15/h7-11,14,16-17,19H,12-13H2,1-6H3. The molecule has 2 nitrogen and oxygen atoms in total. The van der Waals surface area contributed by atoms with E-state index >= 15 is 0 Å². The quantitative estimate of drug-likeness (QED) is 0.796. The van der Waals surface area contributed by atoms with Gasteiger partial charge in [-0.25, -0.2) is 0 Å². The third kappa shape index (κ3) is 6.06. The van der Waals surface area contributed by atoms with Crippen molar-refractivity contribution in [3.63, 3.8) is 0 Å². The summed E-state index contributed by atoms with van der Waals surface area (Å²) in [5.41, 5.74) is 1.66. The minimum atomic E-state index is 0.294. The third-order valence-electron chi connectivity index (χ3n) is 3.58. The molecular formula is C18H31NO. The van der Waals surface area contributed by atoms with Crippen molar-refractivity contribution in [3.05, 3.63) is 35.9 Å². The van der Waals surface area contributed by atoms with Crippen molar-refractivity contribution in [1.29, 1.82) is 0 Å². The normalized spacial score (nSPS) is 15.3. The molecule has 0 aliphatic heterocycles. The number of methoxy groups -OCH3 is 1. The molecule has 2 heteroatoms. The second kappa shape index (κ2) is 7.80. The molecule has 1 rings (SSSR count). The maximum Gasteiger partial charge on any atom is 0.0618 e. The van der Waals surface area contributed by atoms with Crippen molar-refractivity contribution >= 4 is 0 Å². The number of benzene rings is 1. The number of hydrogen-bond donors (Lipinski definition) is 1. The van der Waals surface area contributed by atoms with Crippen molar-refractivity contribution in [3.8, 4) is 0 Å². The molecule has 1 N–H and O–H groups in total. The fourth-order valence-electron chi connectivity index (χ4n) is 2.44. The van der Waals surface area contributed by atoms with E-state index in [-0.39, 0.29) is 0 Å². The lowest BCUT2D eigenvalue weighted by molar-refractivity contribution is 0.134. The van der Waals surface area contributed by atoms with Crippen LogP contribution in [-0.2, 0) is 4.74 Å². The van der Waals surface area contributed by atoms with E-state index in [2.05, 4.69) is 70.3 Å². The highest BCUT2D eigenvalue weighted by atomic mass is 16.5. The first kappa shape index (κ1) is 17.2. The van der Waals surface area contributed by atoms with Crippen LogP contribution in [0.3, 0.4) is 0 Å². The van der Waals surface area contributed by atoms with E-state index in [0.717, 1.165) is 13.0 Å². The molecule has 2 atom stereocenters. The molecule has 0 heterocycles. The van der Waals surface area contributed by atoms with E-state index in [4.69, 9.17) is 4.74 Å². The van der Waals surface area contributed by atoms with E-state index in [1.54, 1.807) is 7.11 Å². The summed E-state index contributed by atoms with van der Waals surface area (Å²) < 4.78 is 5.37. The predicted molar refractivity (Wildman–Crippen MR) is 86.9 cm³/mol. The van der Waals surface area contributed by atoms with Crippen molar-refractivity contribution in [1.82, 2.24) is 5.32 Å². The number of ether oxygens (including phenoxy) is 1.